The molecule has 0 rings (SSSR count). The lowest BCUT2D eigenvalue weighted by molar-refractivity contribution is 0.801. The van der Waals surface area contributed by atoms with E-state index in [1.807, 2.05) is 0 Å². The van der Waals surface area contributed by atoms with Gasteiger partial charge in [-0.1, -0.05) is 29.8 Å². The Bertz CT molecular complexity index is 265. The molecule has 0 fully saturated rings. The second-order valence-electron chi connectivity index (χ2n) is 3.03. The summed E-state index contributed by atoms with van der Waals surface area (Å²) in [5.41, 5.74) is 1.85. The van der Waals surface area contributed by atoms with Crippen LogP contribution in [0.15, 0.2) is 35.9 Å². The summed E-state index contributed by atoms with van der Waals surface area (Å²) in [7, 11) is 0. The normalized spacial score (nSPS) is 19.3. The molecule has 0 spiro atoms. The predicted octanol–water partition coefficient (Wildman–Crippen LogP) is 5.26. The second-order valence-corrected chi connectivity index (χ2v) is 5.63. The van der Waals surface area contributed by atoms with Gasteiger partial charge in [0.15, 0.2) is 0 Å². The average molecular weight is 308 g/mol. The van der Waals surface area contributed by atoms with E-state index in [-0.39, 0.29) is 0 Å². The highest BCUT2D eigenvalue weighted by atomic mass is 35.5. The lowest BCUT2D eigenvalue weighted by atomic mass is 10.1. The lowest BCUT2D eigenvalue weighted by Gasteiger charge is -2.20. The highest BCUT2D eigenvalue weighted by molar-refractivity contribution is 6.47. The molecule has 0 aliphatic carbocycles. The van der Waals surface area contributed by atoms with Gasteiger partial charge in [-0.25, -0.2) is 0 Å². The maximum atomic E-state index is 6.06. The molecule has 2 atom stereocenters. The van der Waals surface area contributed by atoms with Crippen molar-refractivity contribution < 1.29 is 0 Å². The second kappa shape index (κ2) is 7.09. The molecule has 0 nitrogen and oxygen atoms in total. The van der Waals surface area contributed by atoms with Gasteiger partial charge in [0, 0.05) is 5.54 Å². The fourth-order valence-corrected chi connectivity index (χ4v) is 1.49. The van der Waals surface area contributed by atoms with Crippen molar-refractivity contribution in [2.24, 2.45) is 0 Å². The largest absolute Gasteiger partial charge is 0.133 e. The van der Waals surface area contributed by atoms with Gasteiger partial charge >= 0.3 is 0 Å². The summed E-state index contributed by atoms with van der Waals surface area (Å²) >= 11 is 28.9. The average Bonchev–Trinajstić information content (AvgIpc) is 2.17. The van der Waals surface area contributed by atoms with Crippen LogP contribution in [-0.2, 0) is 0 Å². The fourth-order valence-electron chi connectivity index (χ4n) is 0.653. The topological polar surface area (TPSA) is 0 Å². The van der Waals surface area contributed by atoms with Gasteiger partial charge in [-0.15, -0.1) is 53.0 Å². The van der Waals surface area contributed by atoms with E-state index < -0.39 is 15.1 Å². The van der Waals surface area contributed by atoms with Crippen molar-refractivity contribution in [3.63, 3.8) is 0 Å². The number of hydrogen-bond donors (Lipinski definition) is 0. The van der Waals surface area contributed by atoms with Crippen molar-refractivity contribution in [1.29, 1.82) is 0 Å². The molecule has 0 aromatic heterocycles. The summed E-state index contributed by atoms with van der Waals surface area (Å²) in [5, 5.41) is -0.421. The van der Waals surface area contributed by atoms with E-state index in [9.17, 15) is 0 Å². The molecule has 0 radical (unpaired) electrons. The molecule has 0 amide bonds. The summed E-state index contributed by atoms with van der Waals surface area (Å²) in [6.45, 7) is 5.35. The fraction of sp³-hybridized carbons (Fsp3) is 0.400. The quantitative estimate of drug-likeness (QED) is 0.369. The molecule has 0 saturated heterocycles. The van der Waals surface area contributed by atoms with Crippen LogP contribution in [0.25, 0.3) is 0 Å². The molecule has 0 bridgehead atoms. The molecule has 0 unspecified atom stereocenters. The molecular formula is C10H11Cl5. The number of hydrogen-bond acceptors (Lipinski definition) is 0. The maximum absolute atomic E-state index is 6.06. The van der Waals surface area contributed by atoms with Crippen LogP contribution in [0.1, 0.15) is 6.92 Å². The highest BCUT2D eigenvalue weighted by Gasteiger charge is 2.24. The van der Waals surface area contributed by atoms with Crippen molar-refractivity contribution in [2.45, 2.75) is 22.0 Å². The maximum Gasteiger partial charge on any atom is 0.133 e. The zero-order chi connectivity index (χ0) is 12.1. The number of halogens is 5. The Morgan fingerprint density at radius 1 is 1.33 bits per heavy atom. The van der Waals surface area contributed by atoms with Crippen LogP contribution >= 0.6 is 58.0 Å². The molecule has 0 aliphatic heterocycles. The standard InChI is InChI=1S/C10H11Cl5/c1-3-10(2,15)8(12)5-4-7(6-11)9(13)14/h3-6,8-9H,1H2,2H3/b5-4+,7-6+/t8-,10-/m0/s1. The van der Waals surface area contributed by atoms with Gasteiger partial charge in [-0.3, -0.25) is 0 Å². The molecule has 0 aromatic carbocycles. The van der Waals surface area contributed by atoms with E-state index in [2.05, 4.69) is 6.58 Å². The van der Waals surface area contributed by atoms with Gasteiger partial charge in [-0.2, -0.15) is 0 Å². The van der Waals surface area contributed by atoms with E-state index >= 15 is 0 Å². The predicted molar refractivity (Wildman–Crippen MR) is 72.7 cm³/mol. The molecular weight excluding hydrogens is 297 g/mol. The zero-order valence-corrected chi connectivity index (χ0v) is 11.8. The van der Waals surface area contributed by atoms with Crippen LogP contribution in [0.2, 0.25) is 0 Å². The van der Waals surface area contributed by atoms with Crippen LogP contribution in [0, 0.1) is 0 Å². The minimum Gasteiger partial charge on any atom is -0.116 e. The third kappa shape index (κ3) is 5.51. The van der Waals surface area contributed by atoms with Crippen molar-refractivity contribution in [2.75, 3.05) is 0 Å². The van der Waals surface area contributed by atoms with E-state index in [1.54, 1.807) is 25.2 Å². The molecule has 5 heteroatoms. The Kier molecular flexibility index (Phi) is 7.40. The van der Waals surface area contributed by atoms with Gasteiger partial charge in [-0.05, 0) is 12.5 Å². The first-order valence-corrected chi connectivity index (χ1v) is 6.20. The molecule has 0 saturated carbocycles. The Balaban J connectivity index is 4.60. The van der Waals surface area contributed by atoms with Crippen LogP contribution in [0.3, 0.4) is 0 Å². The van der Waals surface area contributed by atoms with Crippen molar-refractivity contribution >= 4 is 58.0 Å². The minimum atomic E-state index is -0.719. The smallest absolute Gasteiger partial charge is 0.116 e. The van der Waals surface area contributed by atoms with Gasteiger partial charge in [0.1, 0.15) is 4.84 Å². The van der Waals surface area contributed by atoms with Gasteiger partial charge in [0.2, 0.25) is 0 Å². The van der Waals surface area contributed by atoms with Gasteiger partial charge in [0.25, 0.3) is 0 Å². The molecule has 0 aromatic rings. The van der Waals surface area contributed by atoms with E-state index in [1.165, 1.54) is 5.54 Å². The number of alkyl halides is 4. The Hall–Kier alpha value is 0.670. The molecule has 15 heavy (non-hydrogen) atoms. The molecule has 86 valence electrons. The van der Waals surface area contributed by atoms with E-state index in [0.717, 1.165) is 0 Å². The number of rotatable bonds is 5. The van der Waals surface area contributed by atoms with E-state index in [4.69, 9.17) is 58.0 Å². The summed E-state index contributed by atoms with van der Waals surface area (Å²) in [6.07, 6.45) is 4.88. The molecule has 0 aliphatic rings. The highest BCUT2D eigenvalue weighted by Crippen LogP contribution is 2.27. The number of allylic oxidation sites excluding steroid dienone is 4. The van der Waals surface area contributed by atoms with Gasteiger partial charge in [0.05, 0.1) is 10.3 Å². The Morgan fingerprint density at radius 2 is 1.87 bits per heavy atom. The summed E-state index contributed by atoms with van der Waals surface area (Å²) in [5.74, 6) is 0. The Morgan fingerprint density at radius 3 is 2.20 bits per heavy atom. The first-order chi connectivity index (χ1) is 6.85. The van der Waals surface area contributed by atoms with E-state index in [0.29, 0.717) is 5.57 Å². The Labute approximate surface area is 115 Å². The first-order valence-electron chi connectivity index (χ1n) is 4.08. The lowest BCUT2D eigenvalue weighted by Crippen LogP contribution is -2.24. The van der Waals surface area contributed by atoms with Crippen LogP contribution in [0.5, 0.6) is 0 Å². The van der Waals surface area contributed by atoms with Crippen LogP contribution < -0.4 is 0 Å². The third-order valence-corrected chi connectivity index (χ3v) is 3.63. The molecule has 0 N–H and O–H groups in total. The van der Waals surface area contributed by atoms with Crippen LogP contribution in [0.4, 0.5) is 0 Å². The minimum absolute atomic E-state index is 0.421. The zero-order valence-electron chi connectivity index (χ0n) is 8.06. The SMILES string of the molecule is C=C[C@](C)(Cl)[C@@H](Cl)/C=C/C(=C\Cl)C(Cl)Cl. The summed E-state index contributed by atoms with van der Waals surface area (Å²) in [4.78, 5) is -1.41. The van der Waals surface area contributed by atoms with Crippen molar-refractivity contribution in [3.05, 3.63) is 35.9 Å². The van der Waals surface area contributed by atoms with Gasteiger partial charge < -0.3 is 0 Å². The van der Waals surface area contributed by atoms with Crippen molar-refractivity contribution in [3.8, 4) is 0 Å². The first kappa shape index (κ1) is 15.7. The summed E-state index contributed by atoms with van der Waals surface area (Å²) < 4.78 is 0. The molecule has 0 heterocycles. The monoisotopic (exact) mass is 306 g/mol. The third-order valence-electron chi connectivity index (χ3n) is 1.77. The van der Waals surface area contributed by atoms with Crippen molar-refractivity contribution in [1.82, 2.24) is 0 Å². The summed E-state index contributed by atoms with van der Waals surface area (Å²) in [6, 6.07) is 0. The van der Waals surface area contributed by atoms with Crippen LogP contribution in [-0.4, -0.2) is 15.1 Å².